The molecule has 0 spiro atoms. The van der Waals surface area contributed by atoms with E-state index >= 15 is 0 Å². The van der Waals surface area contributed by atoms with E-state index < -0.39 is 0 Å². The van der Waals surface area contributed by atoms with Crippen molar-refractivity contribution in [3.05, 3.63) is 35.4 Å². The molecule has 0 aliphatic heterocycles. The van der Waals surface area contributed by atoms with Gasteiger partial charge in [-0.05, 0) is 55.5 Å². The first-order valence-corrected chi connectivity index (χ1v) is 8.82. The van der Waals surface area contributed by atoms with Gasteiger partial charge in [-0.3, -0.25) is 0 Å². The molecule has 0 heterocycles. The van der Waals surface area contributed by atoms with Gasteiger partial charge in [0.2, 0.25) is 0 Å². The Morgan fingerprint density at radius 3 is 2.89 bits per heavy atom. The highest BCUT2D eigenvalue weighted by Crippen LogP contribution is 2.30. The summed E-state index contributed by atoms with van der Waals surface area (Å²) in [4.78, 5) is 0. The van der Waals surface area contributed by atoms with E-state index in [4.69, 9.17) is 0 Å². The Labute approximate surface area is 122 Å². The van der Waals surface area contributed by atoms with Crippen LogP contribution in [0.4, 0.5) is 0 Å². The third-order valence-electron chi connectivity index (χ3n) is 4.28. The van der Waals surface area contributed by atoms with Crippen LogP contribution in [0, 0.1) is 12.8 Å². The first-order chi connectivity index (χ1) is 9.31. The monoisotopic (exact) mass is 277 g/mol. The summed E-state index contributed by atoms with van der Waals surface area (Å²) in [5.41, 5.74) is 2.93. The van der Waals surface area contributed by atoms with E-state index in [9.17, 15) is 0 Å². The van der Waals surface area contributed by atoms with Crippen LogP contribution >= 0.6 is 11.8 Å². The predicted octanol–water partition coefficient (Wildman–Crippen LogP) is 4.40. The van der Waals surface area contributed by atoms with E-state index in [-0.39, 0.29) is 0 Å². The van der Waals surface area contributed by atoms with Crippen molar-refractivity contribution >= 4 is 11.8 Å². The van der Waals surface area contributed by atoms with Gasteiger partial charge in [0.05, 0.1) is 0 Å². The van der Waals surface area contributed by atoms with Crippen LogP contribution in [0.5, 0.6) is 0 Å². The van der Waals surface area contributed by atoms with Crippen molar-refractivity contribution in [2.75, 3.05) is 12.3 Å². The smallest absolute Gasteiger partial charge is 0.0187 e. The van der Waals surface area contributed by atoms with Crippen LogP contribution in [0.25, 0.3) is 0 Å². The average Bonchev–Trinajstić information content (AvgIpc) is 2.85. The Morgan fingerprint density at radius 2 is 2.11 bits per heavy atom. The van der Waals surface area contributed by atoms with Gasteiger partial charge in [-0.1, -0.05) is 37.6 Å². The number of hydrogen-bond acceptors (Lipinski definition) is 2. The van der Waals surface area contributed by atoms with Crippen LogP contribution in [0.2, 0.25) is 0 Å². The summed E-state index contributed by atoms with van der Waals surface area (Å²) in [5, 5.41) is 3.65. The maximum absolute atomic E-state index is 3.65. The maximum Gasteiger partial charge on any atom is 0.0187 e. The van der Waals surface area contributed by atoms with Gasteiger partial charge in [0.1, 0.15) is 0 Å². The van der Waals surface area contributed by atoms with Crippen LogP contribution in [0.15, 0.2) is 24.3 Å². The van der Waals surface area contributed by atoms with Gasteiger partial charge in [-0.15, -0.1) is 0 Å². The molecule has 1 aromatic rings. The lowest BCUT2D eigenvalue weighted by Crippen LogP contribution is -2.32. The van der Waals surface area contributed by atoms with Gasteiger partial charge >= 0.3 is 0 Å². The quantitative estimate of drug-likeness (QED) is 0.742. The second-order valence-corrected chi connectivity index (χ2v) is 6.73. The zero-order valence-corrected chi connectivity index (χ0v) is 13.1. The van der Waals surface area contributed by atoms with Gasteiger partial charge in [0.25, 0.3) is 0 Å². The van der Waals surface area contributed by atoms with E-state index in [0.29, 0.717) is 0 Å². The normalized spacial score (nSPS) is 22.8. The van der Waals surface area contributed by atoms with Crippen molar-refractivity contribution in [2.45, 2.75) is 51.3 Å². The molecule has 1 aromatic carbocycles. The zero-order valence-electron chi connectivity index (χ0n) is 12.3. The molecule has 0 radical (unpaired) electrons. The summed E-state index contributed by atoms with van der Waals surface area (Å²) >= 11 is 2.10. The van der Waals surface area contributed by atoms with Crippen molar-refractivity contribution in [3.63, 3.8) is 0 Å². The first-order valence-electron chi connectivity index (χ1n) is 7.67. The number of benzene rings is 1. The summed E-state index contributed by atoms with van der Waals surface area (Å²) in [5.74, 6) is 3.40. The molecule has 1 N–H and O–H groups in total. The number of thioether (sulfide) groups is 1. The second kappa shape index (κ2) is 7.96. The highest BCUT2D eigenvalue weighted by atomic mass is 32.2. The standard InChI is InChI=1S/C17H27NS/c1-3-18-17-10-6-9-15(17)11-12-19-13-16-8-5-4-7-14(16)2/h4-5,7-8,15,17-18H,3,6,9-13H2,1-2H3. The number of hydrogen-bond donors (Lipinski definition) is 1. The summed E-state index contributed by atoms with van der Waals surface area (Å²) < 4.78 is 0. The molecule has 0 amide bonds. The molecule has 1 aliphatic carbocycles. The molecular weight excluding hydrogens is 250 g/mol. The van der Waals surface area contributed by atoms with Crippen LogP contribution in [-0.2, 0) is 5.75 Å². The lowest BCUT2D eigenvalue weighted by Gasteiger charge is -2.20. The molecule has 2 heteroatoms. The molecule has 0 bridgehead atoms. The molecule has 106 valence electrons. The summed E-state index contributed by atoms with van der Waals surface area (Å²) in [7, 11) is 0. The van der Waals surface area contributed by atoms with Crippen LogP contribution < -0.4 is 5.32 Å². The summed E-state index contributed by atoms with van der Waals surface area (Å²) in [6.07, 6.45) is 5.63. The molecule has 0 saturated heterocycles. The van der Waals surface area contributed by atoms with Crippen molar-refractivity contribution in [2.24, 2.45) is 5.92 Å². The highest BCUT2D eigenvalue weighted by molar-refractivity contribution is 7.98. The predicted molar refractivity (Wildman–Crippen MR) is 86.8 cm³/mol. The molecule has 1 fully saturated rings. The topological polar surface area (TPSA) is 12.0 Å². The Bertz CT molecular complexity index is 377. The molecule has 2 rings (SSSR count). The number of aryl methyl sites for hydroxylation is 1. The summed E-state index contributed by atoms with van der Waals surface area (Å²) in [6.45, 7) is 5.56. The van der Waals surface area contributed by atoms with E-state index in [0.717, 1.165) is 18.5 Å². The minimum absolute atomic E-state index is 0.795. The Balaban J connectivity index is 1.68. The molecule has 2 unspecified atom stereocenters. The highest BCUT2D eigenvalue weighted by Gasteiger charge is 2.25. The molecule has 1 saturated carbocycles. The first kappa shape index (κ1) is 14.9. The lowest BCUT2D eigenvalue weighted by molar-refractivity contribution is 0.400. The van der Waals surface area contributed by atoms with Gasteiger partial charge in [0, 0.05) is 11.8 Å². The van der Waals surface area contributed by atoms with Crippen molar-refractivity contribution in [3.8, 4) is 0 Å². The number of rotatable bonds is 7. The SMILES string of the molecule is CCNC1CCCC1CCSCc1ccccc1C. The molecular formula is C17H27NS. The Kier molecular flexibility index (Phi) is 6.25. The van der Waals surface area contributed by atoms with Crippen LogP contribution in [0.3, 0.4) is 0 Å². The van der Waals surface area contributed by atoms with Gasteiger partial charge in [-0.2, -0.15) is 11.8 Å². The largest absolute Gasteiger partial charge is 0.314 e. The van der Waals surface area contributed by atoms with E-state index in [1.54, 1.807) is 0 Å². The molecule has 1 nitrogen and oxygen atoms in total. The fourth-order valence-electron chi connectivity index (χ4n) is 3.10. The van der Waals surface area contributed by atoms with Gasteiger partial charge in [-0.25, -0.2) is 0 Å². The third kappa shape index (κ3) is 4.54. The fourth-order valence-corrected chi connectivity index (χ4v) is 4.26. The van der Waals surface area contributed by atoms with Gasteiger partial charge < -0.3 is 5.32 Å². The Morgan fingerprint density at radius 1 is 1.26 bits per heavy atom. The number of nitrogens with one attached hydrogen (secondary N) is 1. The summed E-state index contributed by atoms with van der Waals surface area (Å²) in [6, 6.07) is 9.56. The second-order valence-electron chi connectivity index (χ2n) is 5.62. The molecule has 0 aromatic heterocycles. The van der Waals surface area contributed by atoms with Crippen molar-refractivity contribution in [1.82, 2.24) is 5.32 Å². The van der Waals surface area contributed by atoms with E-state index in [1.807, 2.05) is 0 Å². The van der Waals surface area contributed by atoms with Crippen molar-refractivity contribution in [1.29, 1.82) is 0 Å². The molecule has 19 heavy (non-hydrogen) atoms. The average molecular weight is 277 g/mol. The van der Waals surface area contributed by atoms with Crippen LogP contribution in [0.1, 0.15) is 43.7 Å². The van der Waals surface area contributed by atoms with E-state index in [2.05, 4.69) is 55.2 Å². The molecule has 2 atom stereocenters. The molecule has 1 aliphatic rings. The third-order valence-corrected chi connectivity index (χ3v) is 5.32. The minimum Gasteiger partial charge on any atom is -0.314 e. The minimum atomic E-state index is 0.795. The fraction of sp³-hybridized carbons (Fsp3) is 0.647. The van der Waals surface area contributed by atoms with E-state index in [1.165, 1.54) is 48.3 Å². The van der Waals surface area contributed by atoms with Gasteiger partial charge in [0.15, 0.2) is 0 Å². The lowest BCUT2D eigenvalue weighted by atomic mass is 10.0. The van der Waals surface area contributed by atoms with Crippen LogP contribution in [-0.4, -0.2) is 18.3 Å². The van der Waals surface area contributed by atoms with Crippen molar-refractivity contribution < 1.29 is 0 Å². The zero-order chi connectivity index (χ0) is 13.5. The maximum atomic E-state index is 3.65. The Hall–Kier alpha value is -0.470.